The highest BCUT2D eigenvalue weighted by Gasteiger charge is 2.17. The van der Waals surface area contributed by atoms with Crippen molar-refractivity contribution in [1.29, 1.82) is 0 Å². The average Bonchev–Trinajstić information content (AvgIpc) is 2.46. The first-order chi connectivity index (χ1) is 9.56. The number of nitrogens with two attached hydrogens (primary N) is 1. The minimum Gasteiger partial charge on any atom is -0.369 e. The van der Waals surface area contributed by atoms with E-state index in [1.165, 1.54) is 17.8 Å². The summed E-state index contributed by atoms with van der Waals surface area (Å²) in [5.74, 6) is 0. The van der Waals surface area contributed by atoms with Gasteiger partial charge in [-0.1, -0.05) is 12.1 Å². The fraction of sp³-hybridized carbons (Fsp3) is 0.625. The van der Waals surface area contributed by atoms with E-state index in [2.05, 4.69) is 53.1 Å². The van der Waals surface area contributed by atoms with E-state index in [4.69, 9.17) is 5.73 Å². The Balaban J connectivity index is 1.84. The predicted molar refractivity (Wildman–Crippen MR) is 86.3 cm³/mol. The molecule has 4 nitrogen and oxygen atoms in total. The van der Waals surface area contributed by atoms with Crippen LogP contribution >= 0.6 is 0 Å². The molecule has 1 aromatic rings. The van der Waals surface area contributed by atoms with E-state index in [0.717, 1.165) is 32.7 Å². The van der Waals surface area contributed by atoms with E-state index >= 15 is 0 Å². The molecule has 1 aromatic carbocycles. The van der Waals surface area contributed by atoms with Crippen molar-refractivity contribution in [2.24, 2.45) is 5.73 Å². The second-order valence-electron chi connectivity index (χ2n) is 6.01. The molecule has 1 aliphatic heterocycles. The predicted octanol–water partition coefficient (Wildman–Crippen LogP) is 1.39. The first kappa shape index (κ1) is 15.3. The van der Waals surface area contributed by atoms with Gasteiger partial charge >= 0.3 is 0 Å². The van der Waals surface area contributed by atoms with Crippen molar-refractivity contribution in [3.05, 3.63) is 29.8 Å². The standard InChI is InChI=1S/C16H28N4/c1-14(17)15-4-6-16(7-5-15)20-12-10-19(11-13-20)9-8-18(2)3/h4-7,14H,8-13,17H2,1-3H3/t14-/m1/s1. The summed E-state index contributed by atoms with van der Waals surface area (Å²) < 4.78 is 0. The highest BCUT2D eigenvalue weighted by atomic mass is 15.3. The van der Waals surface area contributed by atoms with Crippen LogP contribution in [0.25, 0.3) is 0 Å². The summed E-state index contributed by atoms with van der Waals surface area (Å²) in [6.07, 6.45) is 0. The molecule has 2 N–H and O–H groups in total. The van der Waals surface area contributed by atoms with Crippen LogP contribution in [0.15, 0.2) is 24.3 Å². The number of hydrogen-bond acceptors (Lipinski definition) is 4. The monoisotopic (exact) mass is 276 g/mol. The smallest absolute Gasteiger partial charge is 0.0367 e. The van der Waals surface area contributed by atoms with Gasteiger partial charge in [-0.05, 0) is 38.7 Å². The average molecular weight is 276 g/mol. The molecular weight excluding hydrogens is 248 g/mol. The van der Waals surface area contributed by atoms with Gasteiger partial charge < -0.3 is 15.5 Å². The minimum absolute atomic E-state index is 0.118. The number of anilines is 1. The maximum Gasteiger partial charge on any atom is 0.0367 e. The van der Waals surface area contributed by atoms with Gasteiger partial charge in [0.2, 0.25) is 0 Å². The quantitative estimate of drug-likeness (QED) is 0.881. The second kappa shape index (κ2) is 7.07. The maximum atomic E-state index is 5.89. The van der Waals surface area contributed by atoms with E-state index in [-0.39, 0.29) is 6.04 Å². The summed E-state index contributed by atoms with van der Waals surface area (Å²) >= 11 is 0. The van der Waals surface area contributed by atoms with Crippen LogP contribution in [0.5, 0.6) is 0 Å². The van der Waals surface area contributed by atoms with Crippen molar-refractivity contribution < 1.29 is 0 Å². The van der Waals surface area contributed by atoms with E-state index in [9.17, 15) is 0 Å². The van der Waals surface area contributed by atoms with Gasteiger partial charge in [-0.25, -0.2) is 0 Å². The van der Waals surface area contributed by atoms with Gasteiger partial charge in [-0.15, -0.1) is 0 Å². The molecule has 1 fully saturated rings. The third-order valence-electron chi connectivity index (χ3n) is 4.02. The molecule has 0 aromatic heterocycles. The van der Waals surface area contributed by atoms with Gasteiger partial charge in [-0.2, -0.15) is 0 Å². The number of nitrogens with zero attached hydrogens (tertiary/aromatic N) is 3. The Morgan fingerprint density at radius 2 is 1.70 bits per heavy atom. The van der Waals surface area contributed by atoms with Gasteiger partial charge in [0.05, 0.1) is 0 Å². The van der Waals surface area contributed by atoms with Crippen molar-refractivity contribution in [2.75, 3.05) is 58.3 Å². The summed E-state index contributed by atoms with van der Waals surface area (Å²) in [5.41, 5.74) is 8.42. The maximum absolute atomic E-state index is 5.89. The Morgan fingerprint density at radius 3 is 2.20 bits per heavy atom. The molecule has 0 unspecified atom stereocenters. The molecule has 2 rings (SSSR count). The Labute approximate surface area is 123 Å². The highest BCUT2D eigenvalue weighted by molar-refractivity contribution is 5.48. The number of rotatable bonds is 5. The summed E-state index contributed by atoms with van der Waals surface area (Å²) in [7, 11) is 4.27. The SMILES string of the molecule is C[C@@H](N)c1ccc(N2CCN(CCN(C)C)CC2)cc1. The Hall–Kier alpha value is -1.10. The molecule has 1 heterocycles. The normalized spacial score (nSPS) is 18.6. The largest absolute Gasteiger partial charge is 0.369 e. The lowest BCUT2D eigenvalue weighted by Crippen LogP contribution is -2.48. The Morgan fingerprint density at radius 1 is 1.10 bits per heavy atom. The minimum atomic E-state index is 0.118. The third kappa shape index (κ3) is 4.20. The first-order valence-electron chi connectivity index (χ1n) is 7.54. The third-order valence-corrected chi connectivity index (χ3v) is 4.02. The van der Waals surface area contributed by atoms with Crippen LogP contribution < -0.4 is 10.6 Å². The molecule has 0 saturated carbocycles. The molecular formula is C16H28N4. The lowest BCUT2D eigenvalue weighted by Gasteiger charge is -2.36. The Bertz CT molecular complexity index is 391. The molecule has 0 aliphatic carbocycles. The van der Waals surface area contributed by atoms with Crippen LogP contribution in [0.4, 0.5) is 5.69 Å². The molecule has 1 saturated heterocycles. The lowest BCUT2D eigenvalue weighted by molar-refractivity contribution is 0.229. The van der Waals surface area contributed by atoms with Gasteiger partial charge in [-0.3, -0.25) is 4.90 Å². The van der Waals surface area contributed by atoms with Gasteiger partial charge in [0.1, 0.15) is 0 Å². The summed E-state index contributed by atoms with van der Waals surface area (Å²) in [6.45, 7) is 8.88. The number of benzene rings is 1. The van der Waals surface area contributed by atoms with Crippen LogP contribution in [-0.4, -0.2) is 63.2 Å². The molecule has 4 heteroatoms. The zero-order chi connectivity index (χ0) is 14.5. The molecule has 0 spiro atoms. The van der Waals surface area contributed by atoms with Crippen LogP contribution in [0.2, 0.25) is 0 Å². The van der Waals surface area contributed by atoms with E-state index in [0.29, 0.717) is 0 Å². The lowest BCUT2D eigenvalue weighted by atomic mass is 10.1. The van der Waals surface area contributed by atoms with Crippen LogP contribution in [-0.2, 0) is 0 Å². The molecule has 20 heavy (non-hydrogen) atoms. The van der Waals surface area contributed by atoms with Crippen LogP contribution in [0.3, 0.4) is 0 Å². The van der Waals surface area contributed by atoms with Crippen molar-refractivity contribution in [3.8, 4) is 0 Å². The van der Waals surface area contributed by atoms with E-state index < -0.39 is 0 Å². The second-order valence-corrected chi connectivity index (χ2v) is 6.01. The zero-order valence-corrected chi connectivity index (χ0v) is 13.0. The van der Waals surface area contributed by atoms with Crippen LogP contribution in [0, 0.1) is 0 Å². The van der Waals surface area contributed by atoms with Gasteiger partial charge in [0, 0.05) is 51.0 Å². The summed E-state index contributed by atoms with van der Waals surface area (Å²) in [4.78, 5) is 7.27. The first-order valence-corrected chi connectivity index (χ1v) is 7.54. The van der Waals surface area contributed by atoms with Gasteiger partial charge in [0.25, 0.3) is 0 Å². The fourth-order valence-corrected chi connectivity index (χ4v) is 2.56. The topological polar surface area (TPSA) is 35.7 Å². The molecule has 0 amide bonds. The number of piperazine rings is 1. The Kier molecular flexibility index (Phi) is 5.40. The zero-order valence-electron chi connectivity index (χ0n) is 13.0. The molecule has 0 radical (unpaired) electrons. The molecule has 1 aliphatic rings. The number of hydrogen-bond donors (Lipinski definition) is 1. The van der Waals surface area contributed by atoms with E-state index in [1.54, 1.807) is 0 Å². The number of likely N-dealkylation sites (N-methyl/N-ethyl adjacent to an activating group) is 1. The van der Waals surface area contributed by atoms with Gasteiger partial charge in [0.15, 0.2) is 0 Å². The summed E-state index contributed by atoms with van der Waals surface area (Å²) in [5, 5.41) is 0. The molecule has 112 valence electrons. The summed E-state index contributed by atoms with van der Waals surface area (Å²) in [6, 6.07) is 8.83. The molecule has 1 atom stereocenters. The molecule has 0 bridgehead atoms. The highest BCUT2D eigenvalue weighted by Crippen LogP contribution is 2.19. The van der Waals surface area contributed by atoms with Crippen molar-refractivity contribution in [2.45, 2.75) is 13.0 Å². The van der Waals surface area contributed by atoms with Crippen LogP contribution in [0.1, 0.15) is 18.5 Å². The fourth-order valence-electron chi connectivity index (χ4n) is 2.56. The van der Waals surface area contributed by atoms with Crippen molar-refractivity contribution >= 4 is 5.69 Å². The van der Waals surface area contributed by atoms with E-state index in [1.807, 2.05) is 6.92 Å². The van der Waals surface area contributed by atoms with Crippen molar-refractivity contribution in [3.63, 3.8) is 0 Å². The van der Waals surface area contributed by atoms with Crippen molar-refractivity contribution in [1.82, 2.24) is 9.80 Å².